The van der Waals surface area contributed by atoms with Gasteiger partial charge in [-0.25, -0.2) is 0 Å². The molecule has 0 aliphatic heterocycles. The minimum absolute atomic E-state index is 0.0668. The zero-order valence-electron chi connectivity index (χ0n) is 12.6. The summed E-state index contributed by atoms with van der Waals surface area (Å²) in [6, 6.07) is 8.47. The van der Waals surface area contributed by atoms with E-state index >= 15 is 0 Å². The number of nitrogens with zero attached hydrogens (tertiary/aromatic N) is 4. The fraction of sp³-hybridized carbons (Fsp3) is 0.200. The van der Waals surface area contributed by atoms with Crippen LogP contribution in [0.3, 0.4) is 0 Å². The molecule has 6 nitrogen and oxygen atoms in total. The van der Waals surface area contributed by atoms with Crippen LogP contribution in [0.25, 0.3) is 5.69 Å². The lowest BCUT2D eigenvalue weighted by atomic mass is 10.2. The highest BCUT2D eigenvalue weighted by atomic mass is 32.2. The van der Waals surface area contributed by atoms with Gasteiger partial charge in [-0.1, -0.05) is 11.8 Å². The van der Waals surface area contributed by atoms with Crippen molar-refractivity contribution in [3.05, 3.63) is 45.6 Å². The number of Topliss-reactive ketones (excluding diaryl/α,β-unsaturated/α-hetero) is 1. The van der Waals surface area contributed by atoms with Gasteiger partial charge in [0.15, 0.2) is 5.78 Å². The van der Waals surface area contributed by atoms with Crippen LogP contribution in [0.1, 0.15) is 20.1 Å². The van der Waals surface area contributed by atoms with Gasteiger partial charge in [-0.15, -0.1) is 16.4 Å². The second-order valence-electron chi connectivity index (χ2n) is 4.93. The number of aryl methyl sites for hydroxylation is 2. The third kappa shape index (κ3) is 3.43. The molecule has 118 valence electrons. The van der Waals surface area contributed by atoms with Gasteiger partial charge in [0.2, 0.25) is 5.16 Å². The standard InChI is InChI=1S/C15H14N4O2S2/c1-9-7-13(10(2)23-9)14(21)8-22-15-16-17-18-19(15)11-3-5-12(20)6-4-11/h3-7,20H,8H2,1-2H3. The Labute approximate surface area is 141 Å². The molecule has 3 rings (SSSR count). The number of tetrazole rings is 1. The first-order valence-electron chi connectivity index (χ1n) is 6.85. The van der Waals surface area contributed by atoms with Crippen LogP contribution in [-0.2, 0) is 0 Å². The Morgan fingerprint density at radius 2 is 2.04 bits per heavy atom. The Morgan fingerprint density at radius 1 is 1.30 bits per heavy atom. The predicted molar refractivity (Wildman–Crippen MR) is 89.7 cm³/mol. The first kappa shape index (κ1) is 15.7. The number of aromatic hydroxyl groups is 1. The van der Waals surface area contributed by atoms with Crippen LogP contribution >= 0.6 is 23.1 Å². The number of ketones is 1. The van der Waals surface area contributed by atoms with Gasteiger partial charge in [0.25, 0.3) is 0 Å². The molecule has 0 atom stereocenters. The molecule has 0 bridgehead atoms. The van der Waals surface area contributed by atoms with Crippen LogP contribution in [0.2, 0.25) is 0 Å². The highest BCUT2D eigenvalue weighted by Gasteiger charge is 2.15. The van der Waals surface area contributed by atoms with Crippen LogP contribution in [0.5, 0.6) is 5.75 Å². The van der Waals surface area contributed by atoms with Gasteiger partial charge in [-0.05, 0) is 54.6 Å². The minimum atomic E-state index is 0.0668. The molecule has 2 heterocycles. The first-order chi connectivity index (χ1) is 11.0. The van der Waals surface area contributed by atoms with Crippen LogP contribution in [0.15, 0.2) is 35.5 Å². The number of phenolic OH excluding ortho intramolecular Hbond substituents is 1. The maximum Gasteiger partial charge on any atom is 0.214 e. The number of hydrogen-bond acceptors (Lipinski definition) is 7. The summed E-state index contributed by atoms with van der Waals surface area (Å²) in [4.78, 5) is 14.5. The fourth-order valence-electron chi connectivity index (χ4n) is 2.14. The summed E-state index contributed by atoms with van der Waals surface area (Å²) in [5.74, 6) is 0.516. The van der Waals surface area contributed by atoms with Gasteiger partial charge in [0, 0.05) is 15.3 Å². The van der Waals surface area contributed by atoms with Gasteiger partial charge in [0.1, 0.15) is 5.75 Å². The molecule has 8 heteroatoms. The number of aromatic nitrogens is 4. The third-order valence-corrected chi connectivity index (χ3v) is 5.09. The van der Waals surface area contributed by atoms with E-state index in [1.807, 2.05) is 19.9 Å². The molecule has 0 spiro atoms. The summed E-state index contributed by atoms with van der Waals surface area (Å²) in [5, 5.41) is 21.4. The monoisotopic (exact) mass is 346 g/mol. The number of benzene rings is 1. The van der Waals surface area contributed by atoms with Crippen molar-refractivity contribution in [2.45, 2.75) is 19.0 Å². The van der Waals surface area contributed by atoms with E-state index in [4.69, 9.17) is 0 Å². The summed E-state index contributed by atoms with van der Waals surface area (Å²) in [5.41, 5.74) is 1.49. The van der Waals surface area contributed by atoms with E-state index in [-0.39, 0.29) is 17.3 Å². The largest absolute Gasteiger partial charge is 0.508 e. The van der Waals surface area contributed by atoms with Gasteiger partial charge in [-0.3, -0.25) is 4.79 Å². The fourth-order valence-corrected chi connectivity index (χ4v) is 3.86. The molecule has 23 heavy (non-hydrogen) atoms. The van der Waals surface area contributed by atoms with Crippen molar-refractivity contribution in [1.29, 1.82) is 0 Å². The van der Waals surface area contributed by atoms with E-state index in [9.17, 15) is 9.90 Å². The zero-order valence-corrected chi connectivity index (χ0v) is 14.2. The molecule has 0 amide bonds. The summed E-state index contributed by atoms with van der Waals surface area (Å²) in [6.07, 6.45) is 0. The lowest BCUT2D eigenvalue weighted by molar-refractivity contribution is 0.102. The first-order valence-corrected chi connectivity index (χ1v) is 8.65. The predicted octanol–water partition coefficient (Wildman–Crippen LogP) is 3.02. The Kier molecular flexibility index (Phi) is 4.44. The van der Waals surface area contributed by atoms with Gasteiger partial charge in [-0.2, -0.15) is 4.68 Å². The van der Waals surface area contributed by atoms with E-state index in [1.54, 1.807) is 40.3 Å². The minimum Gasteiger partial charge on any atom is -0.508 e. The lowest BCUT2D eigenvalue weighted by Crippen LogP contribution is -2.05. The van der Waals surface area contributed by atoms with Crippen molar-refractivity contribution < 1.29 is 9.90 Å². The van der Waals surface area contributed by atoms with E-state index in [2.05, 4.69) is 15.5 Å². The molecule has 0 radical (unpaired) electrons. The van der Waals surface area contributed by atoms with Crippen LogP contribution in [-0.4, -0.2) is 36.8 Å². The van der Waals surface area contributed by atoms with E-state index < -0.39 is 0 Å². The number of rotatable bonds is 5. The molecule has 0 fully saturated rings. The number of thioether (sulfide) groups is 1. The number of thiophene rings is 1. The summed E-state index contributed by atoms with van der Waals surface area (Å²) in [7, 11) is 0. The van der Waals surface area contributed by atoms with Crippen LogP contribution in [0, 0.1) is 13.8 Å². The maximum atomic E-state index is 12.3. The van der Waals surface area contributed by atoms with Crippen molar-refractivity contribution in [3.63, 3.8) is 0 Å². The normalized spacial score (nSPS) is 10.9. The number of carbonyl (C=O) groups is 1. The van der Waals surface area contributed by atoms with Crippen molar-refractivity contribution in [2.24, 2.45) is 0 Å². The third-order valence-electron chi connectivity index (χ3n) is 3.21. The molecule has 0 unspecified atom stereocenters. The molecule has 0 aliphatic rings. The highest BCUT2D eigenvalue weighted by molar-refractivity contribution is 7.99. The average molecular weight is 346 g/mol. The topological polar surface area (TPSA) is 80.9 Å². The van der Waals surface area contributed by atoms with Crippen molar-refractivity contribution in [1.82, 2.24) is 20.2 Å². The molecule has 3 aromatic rings. The molecule has 0 aliphatic carbocycles. The number of phenols is 1. The highest BCUT2D eigenvalue weighted by Crippen LogP contribution is 2.25. The Balaban J connectivity index is 1.74. The SMILES string of the molecule is Cc1cc(C(=O)CSc2nnnn2-c2ccc(O)cc2)c(C)s1. The van der Waals surface area contributed by atoms with Crippen LogP contribution < -0.4 is 0 Å². The quantitative estimate of drug-likeness (QED) is 0.565. The summed E-state index contributed by atoms with van der Waals surface area (Å²) in [6.45, 7) is 3.95. The Morgan fingerprint density at radius 3 is 2.70 bits per heavy atom. The second-order valence-corrected chi connectivity index (χ2v) is 7.33. The van der Waals surface area contributed by atoms with E-state index in [1.165, 1.54) is 11.8 Å². The molecule has 2 aromatic heterocycles. The summed E-state index contributed by atoms with van der Waals surface area (Å²) >= 11 is 2.92. The molecule has 1 aromatic carbocycles. The Bertz CT molecular complexity index is 840. The molecular weight excluding hydrogens is 332 g/mol. The van der Waals surface area contributed by atoms with Crippen LogP contribution in [0.4, 0.5) is 0 Å². The van der Waals surface area contributed by atoms with Crippen molar-refractivity contribution >= 4 is 28.9 Å². The van der Waals surface area contributed by atoms with Gasteiger partial charge < -0.3 is 5.11 Å². The van der Waals surface area contributed by atoms with Crippen molar-refractivity contribution in [2.75, 3.05) is 5.75 Å². The van der Waals surface area contributed by atoms with Crippen molar-refractivity contribution in [3.8, 4) is 11.4 Å². The molecule has 0 saturated carbocycles. The molecular formula is C15H14N4O2S2. The van der Waals surface area contributed by atoms with Gasteiger partial charge >= 0.3 is 0 Å². The van der Waals surface area contributed by atoms with E-state index in [0.717, 1.165) is 21.0 Å². The van der Waals surface area contributed by atoms with Gasteiger partial charge in [0.05, 0.1) is 11.4 Å². The second kappa shape index (κ2) is 6.51. The lowest BCUT2D eigenvalue weighted by Gasteiger charge is -2.04. The average Bonchev–Trinajstić information content (AvgIpc) is 3.12. The number of hydrogen-bond donors (Lipinski definition) is 1. The Hall–Kier alpha value is -2.19. The smallest absolute Gasteiger partial charge is 0.214 e. The molecule has 1 N–H and O–H groups in total. The summed E-state index contributed by atoms with van der Waals surface area (Å²) < 4.78 is 1.54. The number of carbonyl (C=O) groups excluding carboxylic acids is 1. The zero-order chi connectivity index (χ0) is 16.4. The maximum absolute atomic E-state index is 12.3. The van der Waals surface area contributed by atoms with E-state index in [0.29, 0.717) is 5.16 Å². The molecule has 0 saturated heterocycles.